The maximum Gasteiger partial charge on any atom is 0.361 e. The monoisotopic (exact) mass is 1180 g/mol. The van der Waals surface area contributed by atoms with E-state index < -0.39 is 18.4 Å². The molecule has 0 saturated heterocycles. The Bertz CT molecular complexity index is 1320. The first-order valence-corrected chi connectivity index (χ1v) is 37.2. The van der Waals surface area contributed by atoms with Gasteiger partial charge in [0.15, 0.2) is 6.10 Å². The van der Waals surface area contributed by atoms with Crippen molar-refractivity contribution in [2.45, 2.75) is 411 Å². The summed E-state index contributed by atoms with van der Waals surface area (Å²) in [6, 6.07) is 0. The van der Waals surface area contributed by atoms with Crippen LogP contribution in [-0.4, -0.2) is 87.4 Å². The molecule has 0 radical (unpaired) electrons. The zero-order valence-corrected chi connectivity index (χ0v) is 56.7. The number of nitrogens with zero attached hydrogens (tertiary/aromatic N) is 1. The Morgan fingerprint density at radius 2 is 0.542 bits per heavy atom. The minimum absolute atomic E-state index is 0.172. The summed E-state index contributed by atoms with van der Waals surface area (Å²) in [6.07, 6.45) is 76.7. The highest BCUT2D eigenvalue weighted by Crippen LogP contribution is 2.20. The average Bonchev–Trinajstić information content (AvgIpc) is 3.46. The quantitative estimate of drug-likeness (QED) is 0.0278. The number of ether oxygens (including phenoxy) is 4. The number of quaternary nitrogens is 1. The maximum atomic E-state index is 13.0. The Labute approximate surface area is 517 Å². The van der Waals surface area contributed by atoms with Gasteiger partial charge in [-0.05, 0) is 12.8 Å². The SMILES string of the molecule is CCCCCCCCCCCCCCCCCCCCCCCCCCCCCCCCCCCCC(=O)OC(COC(=O)CCCCCCCCCCCCCCCCCCCCCCCCCC)COC(OCC[N+](C)(C)C)C(=O)O. The first-order valence-electron chi connectivity index (χ1n) is 37.2. The van der Waals surface area contributed by atoms with E-state index in [1.807, 2.05) is 21.1 Å². The Morgan fingerprint density at radius 3 is 0.771 bits per heavy atom. The predicted octanol–water partition coefficient (Wildman–Crippen LogP) is 23.0. The van der Waals surface area contributed by atoms with Crippen LogP contribution < -0.4 is 0 Å². The van der Waals surface area contributed by atoms with Crippen LogP contribution in [0, 0.1) is 0 Å². The number of carboxylic acid groups (broad SMARTS) is 1. The molecule has 1 N–H and O–H groups in total. The molecule has 0 amide bonds. The van der Waals surface area contributed by atoms with Crippen LogP contribution in [-0.2, 0) is 33.3 Å². The van der Waals surface area contributed by atoms with Gasteiger partial charge in [0.25, 0.3) is 6.29 Å². The molecule has 2 atom stereocenters. The van der Waals surface area contributed by atoms with E-state index in [4.69, 9.17) is 18.9 Å². The van der Waals surface area contributed by atoms with Crippen molar-refractivity contribution in [1.29, 1.82) is 0 Å². The number of hydrogen-bond acceptors (Lipinski definition) is 7. The average molecular weight is 1180 g/mol. The summed E-state index contributed by atoms with van der Waals surface area (Å²) in [5.74, 6) is -1.96. The zero-order chi connectivity index (χ0) is 60.5. The second-order valence-electron chi connectivity index (χ2n) is 27.0. The van der Waals surface area contributed by atoms with Gasteiger partial charge in [-0.2, -0.15) is 0 Å². The highest BCUT2D eigenvalue weighted by molar-refractivity contribution is 5.71. The van der Waals surface area contributed by atoms with Gasteiger partial charge in [-0.15, -0.1) is 0 Å². The molecule has 0 aliphatic rings. The largest absolute Gasteiger partial charge is 0.477 e. The molecule has 0 fully saturated rings. The summed E-state index contributed by atoms with van der Waals surface area (Å²) >= 11 is 0. The zero-order valence-electron chi connectivity index (χ0n) is 56.7. The van der Waals surface area contributed by atoms with Gasteiger partial charge in [0, 0.05) is 12.8 Å². The normalized spacial score (nSPS) is 12.5. The molecule has 0 heterocycles. The van der Waals surface area contributed by atoms with E-state index in [-0.39, 0.29) is 38.2 Å². The van der Waals surface area contributed by atoms with Gasteiger partial charge in [-0.1, -0.05) is 373 Å². The summed E-state index contributed by atoms with van der Waals surface area (Å²) in [6.45, 7) is 4.98. The molecule has 0 aliphatic carbocycles. The molecule has 0 saturated carbocycles. The molecular formula is C74H146NO8+. The second kappa shape index (κ2) is 66.2. The Kier molecular flexibility index (Phi) is 64.9. The van der Waals surface area contributed by atoms with Crippen molar-refractivity contribution in [2.24, 2.45) is 0 Å². The van der Waals surface area contributed by atoms with E-state index in [2.05, 4.69) is 13.8 Å². The summed E-state index contributed by atoms with van der Waals surface area (Å²) in [4.78, 5) is 37.6. The fourth-order valence-electron chi connectivity index (χ4n) is 11.7. The van der Waals surface area contributed by atoms with E-state index in [9.17, 15) is 19.5 Å². The highest BCUT2D eigenvalue weighted by Gasteiger charge is 2.25. The number of aliphatic carboxylic acids is 1. The van der Waals surface area contributed by atoms with Crippen molar-refractivity contribution in [3.05, 3.63) is 0 Å². The molecule has 9 nitrogen and oxygen atoms in total. The van der Waals surface area contributed by atoms with Gasteiger partial charge in [0.2, 0.25) is 0 Å². The molecule has 0 aromatic rings. The lowest BCUT2D eigenvalue weighted by Gasteiger charge is -2.25. The maximum absolute atomic E-state index is 13.0. The summed E-state index contributed by atoms with van der Waals surface area (Å²) < 4.78 is 23.0. The van der Waals surface area contributed by atoms with Crippen molar-refractivity contribution in [1.82, 2.24) is 0 Å². The number of carbonyl (C=O) groups is 3. The first-order chi connectivity index (χ1) is 40.6. The van der Waals surface area contributed by atoms with Gasteiger partial charge in [-0.25, -0.2) is 4.79 Å². The molecule has 2 unspecified atom stereocenters. The smallest absolute Gasteiger partial charge is 0.361 e. The van der Waals surface area contributed by atoms with E-state index >= 15 is 0 Å². The molecular weight excluding hydrogens is 1030 g/mol. The standard InChI is InChI=1S/C74H145NO8/c1-6-8-10-12-14-16-18-20-22-24-26-28-30-32-33-34-35-36-37-38-39-40-41-43-45-47-49-51-53-55-57-59-61-63-65-72(77)83-70(69-82-74(73(78)79)80-67-66-75(3,4)5)68-81-71(76)64-62-60-58-56-54-52-50-48-46-44-42-31-29-27-25-23-21-19-17-15-13-11-9-7-2/h70,74H,6-69H2,1-5H3/p+1. The van der Waals surface area contributed by atoms with Crippen LogP contribution >= 0.6 is 0 Å². The molecule has 0 rings (SSSR count). The molecule has 494 valence electrons. The summed E-state index contributed by atoms with van der Waals surface area (Å²) in [5, 5.41) is 9.75. The molecule has 0 aromatic heterocycles. The summed E-state index contributed by atoms with van der Waals surface area (Å²) in [7, 11) is 6.00. The number of unbranched alkanes of at least 4 members (excludes halogenated alkanes) is 56. The van der Waals surface area contributed by atoms with Crippen LogP contribution in [0.25, 0.3) is 0 Å². The number of carboxylic acids is 1. The molecule has 0 aliphatic heterocycles. The lowest BCUT2D eigenvalue weighted by molar-refractivity contribution is -0.870. The molecule has 83 heavy (non-hydrogen) atoms. The number of esters is 2. The number of rotatable bonds is 71. The minimum atomic E-state index is -1.50. The first kappa shape index (κ1) is 81.3. The van der Waals surface area contributed by atoms with Crippen LogP contribution in [0.3, 0.4) is 0 Å². The lowest BCUT2D eigenvalue weighted by Crippen LogP contribution is -2.40. The van der Waals surface area contributed by atoms with Crippen LogP contribution in [0.4, 0.5) is 0 Å². The van der Waals surface area contributed by atoms with E-state index in [1.165, 1.54) is 334 Å². The van der Waals surface area contributed by atoms with Crippen LogP contribution in [0.2, 0.25) is 0 Å². The van der Waals surface area contributed by atoms with E-state index in [0.717, 1.165) is 38.5 Å². The van der Waals surface area contributed by atoms with E-state index in [1.54, 1.807) is 0 Å². The van der Waals surface area contributed by atoms with Crippen molar-refractivity contribution < 1.29 is 42.9 Å². The van der Waals surface area contributed by atoms with E-state index in [0.29, 0.717) is 17.4 Å². The van der Waals surface area contributed by atoms with Crippen LogP contribution in [0.15, 0.2) is 0 Å². The fourth-order valence-corrected chi connectivity index (χ4v) is 11.7. The highest BCUT2D eigenvalue weighted by atomic mass is 16.7. The minimum Gasteiger partial charge on any atom is -0.477 e. The van der Waals surface area contributed by atoms with Gasteiger partial charge < -0.3 is 28.5 Å². The lowest BCUT2D eigenvalue weighted by atomic mass is 10.0. The molecule has 0 bridgehead atoms. The van der Waals surface area contributed by atoms with Crippen molar-refractivity contribution >= 4 is 17.9 Å². The molecule has 0 spiro atoms. The Balaban J connectivity index is 3.98. The number of hydrogen-bond donors (Lipinski definition) is 1. The Hall–Kier alpha value is -1.71. The Morgan fingerprint density at radius 1 is 0.313 bits per heavy atom. The van der Waals surface area contributed by atoms with Gasteiger partial charge in [0.1, 0.15) is 13.2 Å². The third kappa shape index (κ3) is 67.7. The third-order valence-corrected chi connectivity index (χ3v) is 17.4. The van der Waals surface area contributed by atoms with Crippen molar-refractivity contribution in [3.63, 3.8) is 0 Å². The van der Waals surface area contributed by atoms with Crippen LogP contribution in [0.5, 0.6) is 0 Å². The molecule has 9 heteroatoms. The van der Waals surface area contributed by atoms with Crippen molar-refractivity contribution in [3.8, 4) is 0 Å². The third-order valence-electron chi connectivity index (χ3n) is 17.4. The second-order valence-corrected chi connectivity index (χ2v) is 27.0. The topological polar surface area (TPSA) is 108 Å². The number of likely N-dealkylation sites (N-methyl/N-ethyl adjacent to an activating group) is 1. The number of carbonyl (C=O) groups excluding carboxylic acids is 2. The van der Waals surface area contributed by atoms with Crippen LogP contribution in [0.1, 0.15) is 399 Å². The molecule has 0 aromatic carbocycles. The van der Waals surface area contributed by atoms with Gasteiger partial charge in [-0.3, -0.25) is 9.59 Å². The predicted molar refractivity (Wildman–Crippen MR) is 355 cm³/mol. The fraction of sp³-hybridized carbons (Fsp3) is 0.959. The van der Waals surface area contributed by atoms with Gasteiger partial charge >= 0.3 is 17.9 Å². The van der Waals surface area contributed by atoms with Gasteiger partial charge in [0.05, 0.1) is 34.4 Å². The van der Waals surface area contributed by atoms with Crippen molar-refractivity contribution in [2.75, 3.05) is 47.5 Å². The summed E-state index contributed by atoms with van der Waals surface area (Å²) in [5.41, 5.74) is 0.